The van der Waals surface area contributed by atoms with E-state index in [1.54, 1.807) is 26.0 Å². The predicted molar refractivity (Wildman–Crippen MR) is 79.5 cm³/mol. The lowest BCUT2D eigenvalue weighted by molar-refractivity contribution is 0.0939. The highest BCUT2D eigenvalue weighted by Gasteiger charge is 2.13. The molecule has 21 heavy (non-hydrogen) atoms. The van der Waals surface area contributed by atoms with Crippen molar-refractivity contribution in [1.29, 1.82) is 0 Å². The summed E-state index contributed by atoms with van der Waals surface area (Å²) in [6.07, 6.45) is 0. The molecule has 4 nitrogen and oxygen atoms in total. The smallest absolute Gasteiger partial charge is 0.251 e. The lowest BCUT2D eigenvalue weighted by Crippen LogP contribution is -2.26. The Kier molecular flexibility index (Phi) is 4.12. The van der Waals surface area contributed by atoms with E-state index in [2.05, 4.69) is 5.32 Å². The van der Waals surface area contributed by atoms with Crippen molar-refractivity contribution in [1.82, 2.24) is 5.32 Å². The first-order chi connectivity index (χ1) is 9.88. The molecule has 2 rings (SSSR count). The van der Waals surface area contributed by atoms with Gasteiger partial charge in [0.2, 0.25) is 0 Å². The van der Waals surface area contributed by atoms with Gasteiger partial charge in [0, 0.05) is 5.56 Å². The molecule has 0 heterocycles. The first kappa shape index (κ1) is 14.8. The van der Waals surface area contributed by atoms with E-state index in [1.807, 2.05) is 0 Å². The number of phenolic OH excluding ortho intramolecular Hbond substituents is 1. The van der Waals surface area contributed by atoms with Crippen molar-refractivity contribution < 1.29 is 14.3 Å². The van der Waals surface area contributed by atoms with E-state index in [-0.39, 0.29) is 29.2 Å². The number of rotatable bonds is 3. The number of aryl methyl sites for hydroxylation is 1. The fourth-order valence-electron chi connectivity index (χ4n) is 1.93. The molecule has 0 fully saturated rings. The minimum absolute atomic E-state index is 0.142. The quantitative estimate of drug-likeness (QED) is 0.600. The summed E-state index contributed by atoms with van der Waals surface area (Å²) < 4.78 is 13.5. The van der Waals surface area contributed by atoms with E-state index in [4.69, 9.17) is 5.73 Å². The third-order valence-electron chi connectivity index (χ3n) is 3.34. The molecule has 0 radical (unpaired) electrons. The number of phenols is 1. The third kappa shape index (κ3) is 3.31. The van der Waals surface area contributed by atoms with Crippen LogP contribution in [0.3, 0.4) is 0 Å². The van der Waals surface area contributed by atoms with E-state index in [9.17, 15) is 14.3 Å². The third-order valence-corrected chi connectivity index (χ3v) is 3.34. The normalized spacial score (nSPS) is 12.0. The molecule has 2 aromatic rings. The number of carbonyl (C=O) groups is 1. The molecule has 0 aliphatic heterocycles. The molecular weight excluding hydrogens is 271 g/mol. The summed E-state index contributed by atoms with van der Waals surface area (Å²) in [6.45, 7) is 3.44. The summed E-state index contributed by atoms with van der Waals surface area (Å²) in [7, 11) is 0. The van der Waals surface area contributed by atoms with Gasteiger partial charge in [-0.05, 0) is 49.2 Å². The van der Waals surface area contributed by atoms with Crippen LogP contribution in [-0.4, -0.2) is 11.0 Å². The number of amides is 1. The molecule has 0 bridgehead atoms. The SMILES string of the molecule is Cc1ccc(C(C)NC(=O)c2ccc(N)c(O)c2)cc1F. The Labute approximate surface area is 122 Å². The summed E-state index contributed by atoms with van der Waals surface area (Å²) in [5.41, 5.74) is 7.22. The Morgan fingerprint density at radius 2 is 2.00 bits per heavy atom. The van der Waals surface area contributed by atoms with Crippen LogP contribution >= 0.6 is 0 Å². The molecule has 4 N–H and O–H groups in total. The zero-order chi connectivity index (χ0) is 15.6. The number of nitrogen functional groups attached to an aromatic ring is 1. The lowest BCUT2D eigenvalue weighted by atomic mass is 10.1. The largest absolute Gasteiger partial charge is 0.506 e. The topological polar surface area (TPSA) is 75.4 Å². The van der Waals surface area contributed by atoms with Crippen LogP contribution < -0.4 is 11.1 Å². The molecule has 0 aromatic heterocycles. The fourth-order valence-corrected chi connectivity index (χ4v) is 1.93. The van der Waals surface area contributed by atoms with Crippen molar-refractivity contribution in [2.24, 2.45) is 0 Å². The molecule has 0 spiro atoms. The van der Waals surface area contributed by atoms with Gasteiger partial charge in [-0.3, -0.25) is 4.79 Å². The number of nitrogens with one attached hydrogen (secondary N) is 1. The number of halogens is 1. The Morgan fingerprint density at radius 3 is 2.62 bits per heavy atom. The minimum atomic E-state index is -0.362. The fraction of sp³-hybridized carbons (Fsp3) is 0.188. The number of aromatic hydroxyl groups is 1. The Bertz CT molecular complexity index is 686. The van der Waals surface area contributed by atoms with Gasteiger partial charge in [-0.1, -0.05) is 12.1 Å². The number of carbonyl (C=O) groups excluding carboxylic acids is 1. The van der Waals surface area contributed by atoms with Gasteiger partial charge in [-0.2, -0.15) is 0 Å². The summed E-state index contributed by atoms with van der Waals surface area (Å²) in [5.74, 6) is -0.811. The van der Waals surface area contributed by atoms with Crippen molar-refractivity contribution >= 4 is 11.6 Å². The molecule has 2 aromatic carbocycles. The highest BCUT2D eigenvalue weighted by Crippen LogP contribution is 2.22. The first-order valence-corrected chi connectivity index (χ1v) is 6.54. The second-order valence-electron chi connectivity index (χ2n) is 4.98. The lowest BCUT2D eigenvalue weighted by Gasteiger charge is -2.15. The van der Waals surface area contributed by atoms with E-state index in [1.165, 1.54) is 24.3 Å². The Morgan fingerprint density at radius 1 is 1.29 bits per heavy atom. The van der Waals surface area contributed by atoms with Gasteiger partial charge >= 0.3 is 0 Å². The maximum Gasteiger partial charge on any atom is 0.251 e. The first-order valence-electron chi connectivity index (χ1n) is 6.54. The second kappa shape index (κ2) is 5.83. The summed E-state index contributed by atoms with van der Waals surface area (Å²) in [5, 5.41) is 12.3. The van der Waals surface area contributed by atoms with Gasteiger partial charge < -0.3 is 16.2 Å². The van der Waals surface area contributed by atoms with Gasteiger partial charge in [0.05, 0.1) is 11.7 Å². The van der Waals surface area contributed by atoms with Gasteiger partial charge in [-0.25, -0.2) is 4.39 Å². The predicted octanol–water partition coefficient (Wildman–Crippen LogP) is 2.91. The Balaban J connectivity index is 2.14. The van der Waals surface area contributed by atoms with Crippen molar-refractivity contribution in [3.63, 3.8) is 0 Å². The molecule has 0 aliphatic carbocycles. The van der Waals surface area contributed by atoms with Crippen LogP contribution in [0, 0.1) is 12.7 Å². The number of anilines is 1. The maximum atomic E-state index is 13.5. The van der Waals surface area contributed by atoms with Gasteiger partial charge in [0.15, 0.2) is 0 Å². The van der Waals surface area contributed by atoms with E-state index >= 15 is 0 Å². The van der Waals surface area contributed by atoms with E-state index in [0.717, 1.165) is 0 Å². The molecule has 0 aliphatic rings. The highest BCUT2D eigenvalue weighted by molar-refractivity contribution is 5.95. The van der Waals surface area contributed by atoms with E-state index < -0.39 is 0 Å². The average Bonchev–Trinajstić information content (AvgIpc) is 2.44. The van der Waals surface area contributed by atoms with Gasteiger partial charge in [-0.15, -0.1) is 0 Å². The van der Waals surface area contributed by atoms with Crippen molar-refractivity contribution in [2.75, 3.05) is 5.73 Å². The van der Waals surface area contributed by atoms with E-state index in [0.29, 0.717) is 16.7 Å². The van der Waals surface area contributed by atoms with Crippen LogP contribution in [0.4, 0.5) is 10.1 Å². The summed E-state index contributed by atoms with van der Waals surface area (Å²) in [6, 6.07) is 8.76. The second-order valence-corrected chi connectivity index (χ2v) is 4.98. The molecule has 110 valence electrons. The van der Waals surface area contributed by atoms with Crippen LogP contribution in [0.25, 0.3) is 0 Å². The number of nitrogens with two attached hydrogens (primary N) is 1. The minimum Gasteiger partial charge on any atom is -0.506 e. The molecule has 1 atom stereocenters. The molecule has 0 saturated carbocycles. The van der Waals surface area contributed by atoms with Crippen LogP contribution in [-0.2, 0) is 0 Å². The van der Waals surface area contributed by atoms with Crippen LogP contribution in [0.2, 0.25) is 0 Å². The highest BCUT2D eigenvalue weighted by atomic mass is 19.1. The van der Waals surface area contributed by atoms with Gasteiger partial charge in [0.1, 0.15) is 11.6 Å². The van der Waals surface area contributed by atoms with Crippen LogP contribution in [0.5, 0.6) is 5.75 Å². The monoisotopic (exact) mass is 288 g/mol. The Hall–Kier alpha value is -2.56. The molecular formula is C16H17FN2O2. The number of hydrogen-bond donors (Lipinski definition) is 3. The van der Waals surface area contributed by atoms with Crippen LogP contribution in [0.1, 0.15) is 34.5 Å². The molecule has 0 saturated heterocycles. The molecule has 1 amide bonds. The standard InChI is InChI=1S/C16H17FN2O2/c1-9-3-4-11(7-13(9)17)10(2)19-16(21)12-5-6-14(18)15(20)8-12/h3-8,10,20H,18H2,1-2H3,(H,19,21). The number of hydrogen-bond acceptors (Lipinski definition) is 3. The van der Waals surface area contributed by atoms with Gasteiger partial charge in [0.25, 0.3) is 5.91 Å². The van der Waals surface area contributed by atoms with Crippen molar-refractivity contribution in [3.8, 4) is 5.75 Å². The van der Waals surface area contributed by atoms with Crippen LogP contribution in [0.15, 0.2) is 36.4 Å². The molecule has 1 unspecified atom stereocenters. The molecule has 5 heteroatoms. The number of benzene rings is 2. The summed E-state index contributed by atoms with van der Waals surface area (Å²) >= 11 is 0. The maximum absolute atomic E-state index is 13.5. The summed E-state index contributed by atoms with van der Waals surface area (Å²) in [4.78, 5) is 12.1. The van der Waals surface area contributed by atoms with Crippen molar-refractivity contribution in [3.05, 3.63) is 58.9 Å². The zero-order valence-corrected chi connectivity index (χ0v) is 11.9. The van der Waals surface area contributed by atoms with Crippen molar-refractivity contribution in [2.45, 2.75) is 19.9 Å². The average molecular weight is 288 g/mol. The zero-order valence-electron chi connectivity index (χ0n) is 11.9.